The van der Waals surface area contributed by atoms with Gasteiger partial charge in [-0.3, -0.25) is 4.79 Å². The van der Waals surface area contributed by atoms with Gasteiger partial charge in [-0.1, -0.05) is 62.6 Å². The standard InChI is InChI=1S/C40H55N5O6/c1-27-24-45(28(2)26-46)38(47)34-23-32(42-39(48)41-31-16-6-5-7-17-31)20-21-36(34)51-29(3)13-10-11-22-50-37(27)25-44(4)40(49)43-35-19-12-15-30-14-8-9-18-33(30)35/h8-9,12,14-15,18-21,23,27-29,31,37,46H,5-7,10-11,13,16-17,22,24-26H2,1-4H3,(H,43,49)(H2,41,42,48)/t27-,28+,29+,37-/m0/s1. The lowest BCUT2D eigenvalue weighted by atomic mass is 9.96. The van der Waals surface area contributed by atoms with Crippen molar-refractivity contribution in [3.8, 4) is 5.75 Å². The van der Waals surface area contributed by atoms with Crippen molar-refractivity contribution in [2.45, 2.75) is 96.4 Å². The zero-order valence-corrected chi connectivity index (χ0v) is 30.5. The van der Waals surface area contributed by atoms with Crippen LogP contribution in [0.4, 0.5) is 21.0 Å². The Morgan fingerprint density at radius 2 is 1.71 bits per heavy atom. The van der Waals surface area contributed by atoms with Crippen LogP contribution in [0.25, 0.3) is 10.8 Å². The molecular weight excluding hydrogens is 646 g/mol. The van der Waals surface area contributed by atoms with Gasteiger partial charge in [0, 0.05) is 49.8 Å². The Morgan fingerprint density at radius 3 is 2.49 bits per heavy atom. The topological polar surface area (TPSA) is 132 Å². The molecule has 11 heteroatoms. The van der Waals surface area contributed by atoms with Crippen molar-refractivity contribution in [1.82, 2.24) is 15.1 Å². The fourth-order valence-corrected chi connectivity index (χ4v) is 6.96. The van der Waals surface area contributed by atoms with Gasteiger partial charge in [0.2, 0.25) is 0 Å². The number of anilines is 2. The van der Waals surface area contributed by atoms with Gasteiger partial charge in [0.05, 0.1) is 36.1 Å². The van der Waals surface area contributed by atoms with Crippen molar-refractivity contribution in [3.63, 3.8) is 0 Å². The molecule has 3 aromatic rings. The monoisotopic (exact) mass is 701 g/mol. The number of amides is 5. The van der Waals surface area contributed by atoms with Crippen molar-refractivity contribution in [2.75, 3.05) is 44.0 Å². The van der Waals surface area contributed by atoms with E-state index in [9.17, 15) is 19.5 Å². The predicted octanol–water partition coefficient (Wildman–Crippen LogP) is 7.25. The number of aliphatic hydroxyl groups excluding tert-OH is 1. The third kappa shape index (κ3) is 10.4. The van der Waals surface area contributed by atoms with E-state index < -0.39 is 6.04 Å². The molecular formula is C40H55N5O6. The lowest BCUT2D eigenvalue weighted by Gasteiger charge is -2.36. The molecule has 1 heterocycles. The number of aliphatic hydroxyl groups is 1. The van der Waals surface area contributed by atoms with Gasteiger partial charge in [-0.2, -0.15) is 0 Å². The molecule has 11 nitrogen and oxygen atoms in total. The molecule has 0 unspecified atom stereocenters. The molecule has 0 radical (unpaired) electrons. The van der Waals surface area contributed by atoms with E-state index in [0.717, 1.165) is 61.4 Å². The van der Waals surface area contributed by atoms with E-state index in [1.807, 2.05) is 56.3 Å². The fraction of sp³-hybridized carbons (Fsp3) is 0.525. The molecule has 0 bridgehead atoms. The Labute approximate surface area is 302 Å². The van der Waals surface area contributed by atoms with E-state index >= 15 is 0 Å². The minimum Gasteiger partial charge on any atom is -0.490 e. The first-order valence-electron chi connectivity index (χ1n) is 18.5. The van der Waals surface area contributed by atoms with Gasteiger partial charge in [-0.05, 0) is 75.6 Å². The molecule has 1 aliphatic heterocycles. The maximum atomic E-state index is 14.5. The lowest BCUT2D eigenvalue weighted by Crippen LogP contribution is -2.48. The van der Waals surface area contributed by atoms with Crippen LogP contribution in [0.2, 0.25) is 0 Å². The first-order chi connectivity index (χ1) is 24.6. The second kappa shape index (κ2) is 18.2. The number of nitrogens with one attached hydrogen (secondary N) is 3. The number of fused-ring (bicyclic) bond motifs is 2. The largest absolute Gasteiger partial charge is 0.490 e. The third-order valence-corrected chi connectivity index (χ3v) is 10.1. The molecule has 4 atom stereocenters. The average Bonchev–Trinajstić information content (AvgIpc) is 3.13. The molecule has 0 saturated heterocycles. The Bertz CT molecular complexity index is 1620. The number of carbonyl (C=O) groups is 3. The highest BCUT2D eigenvalue weighted by molar-refractivity contribution is 6.01. The summed E-state index contributed by atoms with van der Waals surface area (Å²) in [6, 6.07) is 18.0. The van der Waals surface area contributed by atoms with Crippen molar-refractivity contribution >= 4 is 40.1 Å². The summed E-state index contributed by atoms with van der Waals surface area (Å²) < 4.78 is 12.8. The maximum Gasteiger partial charge on any atom is 0.321 e. The lowest BCUT2D eigenvalue weighted by molar-refractivity contribution is -0.0115. The van der Waals surface area contributed by atoms with Gasteiger partial charge in [0.25, 0.3) is 5.91 Å². The molecule has 4 N–H and O–H groups in total. The summed E-state index contributed by atoms with van der Waals surface area (Å²) in [5.41, 5.74) is 1.53. The third-order valence-electron chi connectivity index (χ3n) is 10.1. The molecule has 3 aromatic carbocycles. The van der Waals surface area contributed by atoms with Crippen LogP contribution in [0.1, 0.15) is 82.5 Å². The zero-order valence-electron chi connectivity index (χ0n) is 30.5. The molecule has 276 valence electrons. The van der Waals surface area contributed by atoms with Crippen LogP contribution < -0.4 is 20.7 Å². The fourth-order valence-electron chi connectivity index (χ4n) is 6.96. The minimum absolute atomic E-state index is 0.141. The molecule has 0 aromatic heterocycles. The number of hydrogen-bond acceptors (Lipinski definition) is 6. The molecule has 51 heavy (non-hydrogen) atoms. The van der Waals surface area contributed by atoms with E-state index in [1.54, 1.807) is 42.0 Å². The Balaban J connectivity index is 1.35. The van der Waals surface area contributed by atoms with Crippen molar-refractivity contribution < 1.29 is 29.0 Å². The number of ether oxygens (including phenoxy) is 2. The second-order valence-corrected chi connectivity index (χ2v) is 14.3. The highest BCUT2D eigenvalue weighted by atomic mass is 16.5. The highest BCUT2D eigenvalue weighted by Crippen LogP contribution is 2.29. The van der Waals surface area contributed by atoms with E-state index in [1.165, 1.54) is 6.42 Å². The van der Waals surface area contributed by atoms with Gasteiger partial charge >= 0.3 is 12.1 Å². The number of likely N-dealkylation sites (N-methyl/N-ethyl adjacent to an activating group) is 1. The Hall–Kier alpha value is -4.35. The molecule has 0 spiro atoms. The van der Waals surface area contributed by atoms with Crippen LogP contribution in [0.3, 0.4) is 0 Å². The summed E-state index contributed by atoms with van der Waals surface area (Å²) >= 11 is 0. The number of carbonyl (C=O) groups excluding carboxylic acids is 3. The first-order valence-corrected chi connectivity index (χ1v) is 18.5. The van der Waals surface area contributed by atoms with Crippen LogP contribution in [-0.4, -0.2) is 90.5 Å². The smallest absolute Gasteiger partial charge is 0.321 e. The van der Waals surface area contributed by atoms with Gasteiger partial charge in [0.1, 0.15) is 5.75 Å². The predicted molar refractivity (Wildman–Crippen MR) is 201 cm³/mol. The SMILES string of the molecule is C[C@@H]1CCCCO[C@@H](CN(C)C(=O)Nc2cccc3ccccc23)[C@@H](C)CN([C@H](C)CO)C(=O)c2cc(NC(=O)NC3CCCCC3)ccc2O1. The first kappa shape index (κ1) is 37.9. The second-order valence-electron chi connectivity index (χ2n) is 14.3. The van der Waals surface area contributed by atoms with Gasteiger partial charge in [-0.25, -0.2) is 9.59 Å². The van der Waals surface area contributed by atoms with Crippen LogP contribution in [0.15, 0.2) is 60.7 Å². The van der Waals surface area contributed by atoms with Gasteiger partial charge < -0.3 is 40.3 Å². The molecule has 1 aliphatic carbocycles. The number of nitrogens with zero attached hydrogens (tertiary/aromatic N) is 2. The van der Waals surface area contributed by atoms with Crippen LogP contribution in [0.5, 0.6) is 5.75 Å². The zero-order chi connectivity index (χ0) is 36.3. The van der Waals surface area contributed by atoms with Crippen LogP contribution in [0, 0.1) is 5.92 Å². The van der Waals surface area contributed by atoms with Crippen molar-refractivity contribution in [2.24, 2.45) is 5.92 Å². The van der Waals surface area contributed by atoms with Crippen LogP contribution in [-0.2, 0) is 4.74 Å². The summed E-state index contributed by atoms with van der Waals surface area (Å²) in [5.74, 6) is -0.0902. The summed E-state index contributed by atoms with van der Waals surface area (Å²) in [6.45, 7) is 6.60. The average molecular weight is 702 g/mol. The van der Waals surface area contributed by atoms with Gasteiger partial charge in [0.15, 0.2) is 0 Å². The normalized spacial score (nSPS) is 21.5. The summed E-state index contributed by atoms with van der Waals surface area (Å²) in [7, 11) is 1.75. The number of hydrogen-bond donors (Lipinski definition) is 4. The Kier molecular flexibility index (Phi) is 13.5. The molecule has 1 fully saturated rings. The Morgan fingerprint density at radius 1 is 0.961 bits per heavy atom. The summed E-state index contributed by atoms with van der Waals surface area (Å²) in [4.78, 5) is 44.1. The van der Waals surface area contributed by atoms with Crippen molar-refractivity contribution in [1.29, 1.82) is 0 Å². The quantitative estimate of drug-likeness (QED) is 0.205. The molecule has 1 saturated carbocycles. The van der Waals surface area contributed by atoms with E-state index in [0.29, 0.717) is 30.2 Å². The number of benzene rings is 3. The van der Waals surface area contributed by atoms with E-state index in [2.05, 4.69) is 16.0 Å². The van der Waals surface area contributed by atoms with Gasteiger partial charge in [-0.15, -0.1) is 0 Å². The molecule has 2 aliphatic rings. The summed E-state index contributed by atoms with van der Waals surface area (Å²) in [6.07, 6.45) is 7.19. The minimum atomic E-state index is -0.516. The number of rotatable bonds is 7. The summed E-state index contributed by atoms with van der Waals surface area (Å²) in [5, 5.41) is 21.3. The highest BCUT2D eigenvalue weighted by Gasteiger charge is 2.31. The van der Waals surface area contributed by atoms with E-state index in [4.69, 9.17) is 9.47 Å². The van der Waals surface area contributed by atoms with Crippen LogP contribution >= 0.6 is 0 Å². The molecule has 5 amide bonds. The van der Waals surface area contributed by atoms with E-state index in [-0.39, 0.29) is 55.3 Å². The maximum absolute atomic E-state index is 14.5. The molecule has 5 rings (SSSR count). The number of urea groups is 2. The van der Waals surface area contributed by atoms with Crippen molar-refractivity contribution in [3.05, 3.63) is 66.2 Å².